The molecule has 2 aliphatic heterocycles. The number of fused-ring (bicyclic) bond motifs is 2. The Morgan fingerprint density at radius 2 is 2.03 bits per heavy atom. The zero-order valence-corrected chi connectivity index (χ0v) is 18.3. The van der Waals surface area contributed by atoms with E-state index in [0.29, 0.717) is 34.6 Å². The maximum atomic E-state index is 14.1. The van der Waals surface area contributed by atoms with Gasteiger partial charge in [-0.1, -0.05) is 6.07 Å². The summed E-state index contributed by atoms with van der Waals surface area (Å²) in [5.41, 5.74) is 2.02. The third kappa shape index (κ3) is 3.73. The molecule has 7 heteroatoms. The van der Waals surface area contributed by atoms with Crippen molar-refractivity contribution in [1.82, 2.24) is 20.1 Å². The molecule has 4 atom stereocenters. The lowest BCUT2D eigenvalue weighted by Crippen LogP contribution is -2.46. The quantitative estimate of drug-likeness (QED) is 0.792. The molecule has 1 aliphatic carbocycles. The topological polar surface area (TPSA) is 68.4 Å². The molecule has 2 N–H and O–H groups in total. The van der Waals surface area contributed by atoms with E-state index in [9.17, 15) is 14.0 Å². The SMILES string of the molecule is CC(=O)N1CC[C@H]2CN([C@H]3CCC[C@@H](NC(=O)c4cc5c(F)ccc(C)c5[nH]4)C3)C[C@H]21. The van der Waals surface area contributed by atoms with Gasteiger partial charge in [0.05, 0.1) is 5.52 Å². The molecule has 2 amide bonds. The summed E-state index contributed by atoms with van der Waals surface area (Å²) in [6.45, 7) is 6.49. The third-order valence-electron chi connectivity index (χ3n) is 7.67. The molecular weight excluding hydrogens is 395 g/mol. The van der Waals surface area contributed by atoms with Crippen molar-refractivity contribution < 1.29 is 14.0 Å². The first-order valence-corrected chi connectivity index (χ1v) is 11.5. The van der Waals surface area contributed by atoms with Crippen LogP contribution in [-0.4, -0.2) is 64.4 Å². The van der Waals surface area contributed by atoms with E-state index in [4.69, 9.17) is 0 Å². The number of benzene rings is 1. The highest BCUT2D eigenvalue weighted by Crippen LogP contribution is 2.35. The van der Waals surface area contributed by atoms with E-state index >= 15 is 0 Å². The molecule has 6 nitrogen and oxygen atoms in total. The number of carbonyl (C=O) groups is 2. The first-order chi connectivity index (χ1) is 14.9. The van der Waals surface area contributed by atoms with Crippen LogP contribution < -0.4 is 5.32 Å². The van der Waals surface area contributed by atoms with Gasteiger partial charge in [-0.05, 0) is 62.6 Å². The van der Waals surface area contributed by atoms with Crippen molar-refractivity contribution in [1.29, 1.82) is 0 Å². The van der Waals surface area contributed by atoms with Gasteiger partial charge in [0, 0.05) is 50.1 Å². The molecule has 1 aromatic heterocycles. The minimum Gasteiger partial charge on any atom is -0.350 e. The molecule has 0 spiro atoms. The number of hydrogen-bond acceptors (Lipinski definition) is 3. The number of amides is 2. The Hall–Kier alpha value is -2.41. The van der Waals surface area contributed by atoms with Crippen molar-refractivity contribution in [3.8, 4) is 0 Å². The van der Waals surface area contributed by atoms with Gasteiger partial charge in [0.2, 0.25) is 5.91 Å². The zero-order chi connectivity index (χ0) is 21.7. The number of aromatic amines is 1. The normalized spacial score (nSPS) is 28.8. The van der Waals surface area contributed by atoms with Crippen LogP contribution >= 0.6 is 0 Å². The number of aromatic nitrogens is 1. The van der Waals surface area contributed by atoms with E-state index in [1.807, 2.05) is 11.8 Å². The summed E-state index contributed by atoms with van der Waals surface area (Å²) in [6.07, 6.45) is 5.22. The van der Waals surface area contributed by atoms with E-state index < -0.39 is 0 Å². The number of nitrogens with zero attached hydrogens (tertiary/aromatic N) is 2. The van der Waals surface area contributed by atoms with E-state index in [1.165, 1.54) is 6.07 Å². The molecule has 3 heterocycles. The fourth-order valence-electron chi connectivity index (χ4n) is 6.02. The first-order valence-electron chi connectivity index (χ1n) is 11.5. The van der Waals surface area contributed by atoms with Gasteiger partial charge >= 0.3 is 0 Å². The van der Waals surface area contributed by atoms with E-state index in [2.05, 4.69) is 15.2 Å². The lowest BCUT2D eigenvalue weighted by molar-refractivity contribution is -0.129. The van der Waals surface area contributed by atoms with Crippen molar-refractivity contribution in [3.63, 3.8) is 0 Å². The van der Waals surface area contributed by atoms with Gasteiger partial charge in [0.1, 0.15) is 11.5 Å². The molecule has 0 bridgehead atoms. The molecule has 5 rings (SSSR count). The largest absolute Gasteiger partial charge is 0.350 e. The van der Waals surface area contributed by atoms with Crippen molar-refractivity contribution in [3.05, 3.63) is 35.3 Å². The van der Waals surface area contributed by atoms with Crippen molar-refractivity contribution >= 4 is 22.7 Å². The minimum atomic E-state index is -0.312. The molecule has 2 saturated heterocycles. The van der Waals surface area contributed by atoms with Crippen LogP contribution in [0.3, 0.4) is 0 Å². The fraction of sp³-hybridized carbons (Fsp3) is 0.583. The molecule has 1 aromatic carbocycles. The highest BCUT2D eigenvalue weighted by molar-refractivity contribution is 5.99. The van der Waals surface area contributed by atoms with Gasteiger partial charge in [-0.3, -0.25) is 14.5 Å². The van der Waals surface area contributed by atoms with Crippen LogP contribution in [0, 0.1) is 18.7 Å². The van der Waals surface area contributed by atoms with E-state index in [0.717, 1.165) is 57.3 Å². The number of aryl methyl sites for hydroxylation is 1. The van der Waals surface area contributed by atoms with E-state index in [1.54, 1.807) is 19.1 Å². The Bertz CT molecular complexity index is 979. The highest BCUT2D eigenvalue weighted by atomic mass is 19.1. The van der Waals surface area contributed by atoms with Gasteiger partial charge in [-0.2, -0.15) is 0 Å². The molecule has 166 valence electrons. The molecule has 3 aliphatic rings. The van der Waals surface area contributed by atoms with Crippen molar-refractivity contribution in [2.45, 2.75) is 64.1 Å². The van der Waals surface area contributed by atoms with E-state index in [-0.39, 0.29) is 23.7 Å². The van der Waals surface area contributed by atoms with Crippen LogP contribution in [0.25, 0.3) is 10.9 Å². The summed E-state index contributed by atoms with van der Waals surface area (Å²) < 4.78 is 14.1. The predicted octanol–water partition coefficient (Wildman–Crippen LogP) is 3.21. The van der Waals surface area contributed by atoms with Crippen LogP contribution in [0.2, 0.25) is 0 Å². The smallest absolute Gasteiger partial charge is 0.267 e. The Morgan fingerprint density at radius 1 is 1.19 bits per heavy atom. The number of halogens is 1. The molecule has 2 aromatic rings. The predicted molar refractivity (Wildman–Crippen MR) is 117 cm³/mol. The summed E-state index contributed by atoms with van der Waals surface area (Å²) in [5.74, 6) is 0.297. The average Bonchev–Trinajstić information content (AvgIpc) is 3.44. The summed E-state index contributed by atoms with van der Waals surface area (Å²) in [5, 5.41) is 3.65. The number of likely N-dealkylation sites (tertiary alicyclic amines) is 2. The van der Waals surface area contributed by atoms with Crippen LogP contribution in [0.1, 0.15) is 55.1 Å². The molecule has 1 saturated carbocycles. The Morgan fingerprint density at radius 3 is 2.81 bits per heavy atom. The van der Waals surface area contributed by atoms with Gasteiger partial charge in [0.15, 0.2) is 0 Å². The molecule has 31 heavy (non-hydrogen) atoms. The number of hydrogen-bond donors (Lipinski definition) is 2. The monoisotopic (exact) mass is 426 g/mol. The molecular formula is C24H31FN4O2. The number of rotatable bonds is 3. The summed E-state index contributed by atoms with van der Waals surface area (Å²) >= 11 is 0. The fourth-order valence-corrected chi connectivity index (χ4v) is 6.02. The summed E-state index contributed by atoms with van der Waals surface area (Å²) in [6, 6.07) is 5.70. The van der Waals surface area contributed by atoms with Gasteiger partial charge in [-0.15, -0.1) is 0 Å². The number of H-pyrrole nitrogens is 1. The summed E-state index contributed by atoms with van der Waals surface area (Å²) in [4.78, 5) is 32.5. The van der Waals surface area contributed by atoms with Crippen LogP contribution in [0.5, 0.6) is 0 Å². The lowest BCUT2D eigenvalue weighted by atomic mass is 9.90. The second kappa shape index (κ2) is 7.93. The Kier molecular flexibility index (Phi) is 5.24. The maximum Gasteiger partial charge on any atom is 0.267 e. The molecule has 0 radical (unpaired) electrons. The van der Waals surface area contributed by atoms with Crippen molar-refractivity contribution in [2.75, 3.05) is 19.6 Å². The minimum absolute atomic E-state index is 0.118. The van der Waals surface area contributed by atoms with Crippen LogP contribution in [-0.2, 0) is 4.79 Å². The third-order valence-corrected chi connectivity index (χ3v) is 7.67. The van der Waals surface area contributed by atoms with Crippen molar-refractivity contribution in [2.24, 2.45) is 5.92 Å². The average molecular weight is 427 g/mol. The lowest BCUT2D eigenvalue weighted by Gasteiger charge is -2.36. The zero-order valence-electron chi connectivity index (χ0n) is 18.3. The van der Waals surface area contributed by atoms with Crippen LogP contribution in [0.4, 0.5) is 4.39 Å². The van der Waals surface area contributed by atoms with Gasteiger partial charge < -0.3 is 15.2 Å². The first kappa shape index (κ1) is 20.5. The maximum absolute atomic E-state index is 14.1. The second-order valence-corrected chi connectivity index (χ2v) is 9.61. The highest BCUT2D eigenvalue weighted by Gasteiger charge is 2.44. The number of nitrogens with one attached hydrogen (secondary N) is 2. The Balaban J connectivity index is 1.23. The number of carbonyl (C=O) groups excluding carboxylic acids is 2. The van der Waals surface area contributed by atoms with Gasteiger partial charge in [-0.25, -0.2) is 4.39 Å². The molecule has 3 fully saturated rings. The summed E-state index contributed by atoms with van der Waals surface area (Å²) in [7, 11) is 0. The Labute approximate surface area is 182 Å². The standard InChI is InChI=1S/C24H31FN4O2/c1-14-6-7-20(25)19-11-21(27-23(14)19)24(31)26-17-4-3-5-18(10-17)28-12-16-8-9-29(15(2)30)22(16)13-28/h6-7,11,16-18,22,27H,3-5,8-10,12-13H2,1-2H3,(H,26,31)/t16-,17+,18-,22+/m0/s1. The second-order valence-electron chi connectivity index (χ2n) is 9.61. The van der Waals surface area contributed by atoms with Gasteiger partial charge in [0.25, 0.3) is 5.91 Å². The van der Waals surface area contributed by atoms with Crippen LogP contribution in [0.15, 0.2) is 18.2 Å². The molecule has 0 unspecified atom stereocenters.